The first-order chi connectivity index (χ1) is 7.02. The Balaban J connectivity index is 2.91. The summed E-state index contributed by atoms with van der Waals surface area (Å²) in [5.41, 5.74) is 1.75. The number of nitrogens with one attached hydrogen (secondary N) is 1. The van der Waals surface area contributed by atoms with Gasteiger partial charge in [0.2, 0.25) is 5.95 Å². The van der Waals surface area contributed by atoms with Crippen molar-refractivity contribution in [1.29, 1.82) is 5.41 Å². The molecule has 6 heteroatoms. The highest BCUT2D eigenvalue weighted by Crippen LogP contribution is 2.09. The Morgan fingerprint density at radius 3 is 2.60 bits per heavy atom. The summed E-state index contributed by atoms with van der Waals surface area (Å²) < 4.78 is 3.54. The number of fused-ring (bicyclic) bond motifs is 1. The van der Waals surface area contributed by atoms with Gasteiger partial charge in [0.25, 0.3) is 0 Å². The highest BCUT2D eigenvalue weighted by atomic mass is 15.3. The smallest absolute Gasteiger partial charge is 0.208 e. The Morgan fingerprint density at radius 1 is 1.33 bits per heavy atom. The van der Waals surface area contributed by atoms with Gasteiger partial charge in [0.15, 0.2) is 11.1 Å². The molecule has 2 rings (SSSR count). The topological polar surface area (TPSA) is 62.7 Å². The molecule has 2 aromatic rings. The molecule has 6 nitrogen and oxygen atoms in total. The monoisotopic (exact) mass is 206 g/mol. The third-order valence-electron chi connectivity index (χ3n) is 2.37. The van der Waals surface area contributed by atoms with Crippen LogP contribution in [-0.2, 0) is 14.1 Å². The molecule has 0 unspecified atom stereocenters. The van der Waals surface area contributed by atoms with Crippen LogP contribution >= 0.6 is 0 Å². The number of aryl methyl sites for hydroxylation is 1. The molecule has 0 amide bonds. The zero-order chi connectivity index (χ0) is 11.2. The van der Waals surface area contributed by atoms with E-state index in [0.717, 1.165) is 11.6 Å². The van der Waals surface area contributed by atoms with Crippen molar-refractivity contribution in [2.75, 3.05) is 19.0 Å². The van der Waals surface area contributed by atoms with Crippen LogP contribution < -0.4 is 10.4 Å². The molecule has 15 heavy (non-hydrogen) atoms. The molecular weight excluding hydrogens is 192 g/mol. The summed E-state index contributed by atoms with van der Waals surface area (Å²) in [6.45, 7) is 0. The van der Waals surface area contributed by atoms with Crippen molar-refractivity contribution in [2.45, 2.75) is 0 Å². The predicted octanol–water partition coefficient (Wildman–Crippen LogP) is -0.148. The van der Waals surface area contributed by atoms with Crippen LogP contribution in [0.15, 0.2) is 6.33 Å². The Morgan fingerprint density at radius 2 is 2.00 bits per heavy atom. The molecular formula is C9H14N6. The van der Waals surface area contributed by atoms with Crippen LogP contribution in [0.2, 0.25) is 0 Å². The molecule has 0 aromatic carbocycles. The molecule has 1 N–H and O–H groups in total. The quantitative estimate of drug-likeness (QED) is 0.706. The van der Waals surface area contributed by atoms with E-state index < -0.39 is 0 Å². The van der Waals surface area contributed by atoms with E-state index in [1.54, 1.807) is 10.9 Å². The zero-order valence-electron chi connectivity index (χ0n) is 9.31. The Kier molecular flexibility index (Phi) is 1.99. The second-order valence-corrected chi connectivity index (χ2v) is 3.74. The lowest BCUT2D eigenvalue weighted by Gasteiger charge is -2.15. The summed E-state index contributed by atoms with van der Waals surface area (Å²) in [7, 11) is 7.51. The summed E-state index contributed by atoms with van der Waals surface area (Å²) >= 11 is 0. The molecule has 0 fully saturated rings. The van der Waals surface area contributed by atoms with Gasteiger partial charge in [0.1, 0.15) is 5.52 Å². The maximum absolute atomic E-state index is 7.96. The molecule has 0 spiro atoms. The number of imidazole rings is 1. The van der Waals surface area contributed by atoms with E-state index in [-0.39, 0.29) is 0 Å². The minimum absolute atomic E-state index is 0.379. The minimum Gasteiger partial charge on any atom is -0.348 e. The molecule has 2 heterocycles. The maximum atomic E-state index is 7.96. The highest BCUT2D eigenvalue weighted by molar-refractivity contribution is 5.70. The average molecular weight is 206 g/mol. The van der Waals surface area contributed by atoms with Gasteiger partial charge in [-0.2, -0.15) is 4.98 Å². The summed E-state index contributed by atoms with van der Waals surface area (Å²) in [6.07, 6.45) is 1.68. The van der Waals surface area contributed by atoms with Gasteiger partial charge in [0.05, 0.1) is 6.33 Å². The first-order valence-corrected chi connectivity index (χ1v) is 4.62. The summed E-state index contributed by atoms with van der Waals surface area (Å²) in [5.74, 6) is 0.746. The van der Waals surface area contributed by atoms with E-state index in [2.05, 4.69) is 9.97 Å². The number of hydrogen-bond donors (Lipinski definition) is 1. The average Bonchev–Trinajstić information content (AvgIpc) is 2.53. The van der Waals surface area contributed by atoms with E-state index in [9.17, 15) is 0 Å². The lowest BCUT2D eigenvalue weighted by Crippen LogP contribution is -2.26. The van der Waals surface area contributed by atoms with Crippen LogP contribution in [-0.4, -0.2) is 33.2 Å². The lowest BCUT2D eigenvalue weighted by atomic mass is 10.5. The van der Waals surface area contributed by atoms with Crippen molar-refractivity contribution in [2.24, 2.45) is 14.1 Å². The van der Waals surface area contributed by atoms with Gasteiger partial charge >= 0.3 is 0 Å². The Bertz CT molecular complexity index is 562. The SMILES string of the molecule is CN(C)c1nc2c(ncn2C)c(=N)n1C. The number of rotatable bonds is 1. The van der Waals surface area contributed by atoms with Crippen molar-refractivity contribution in [3.63, 3.8) is 0 Å². The van der Waals surface area contributed by atoms with Gasteiger partial charge in [-0.3, -0.25) is 9.98 Å². The predicted molar refractivity (Wildman–Crippen MR) is 57.7 cm³/mol. The minimum atomic E-state index is 0.379. The van der Waals surface area contributed by atoms with Crippen molar-refractivity contribution in [3.05, 3.63) is 11.8 Å². The van der Waals surface area contributed by atoms with Gasteiger partial charge in [-0.1, -0.05) is 0 Å². The molecule has 0 aliphatic carbocycles. The van der Waals surface area contributed by atoms with E-state index in [1.807, 2.05) is 37.7 Å². The standard InChI is InChI=1S/C9H14N6/c1-13(2)9-12-8-6(7(10)15(9)4)11-5-14(8)3/h5,10H,1-4H3. The molecule has 0 saturated carbocycles. The first kappa shape index (κ1) is 9.70. The largest absolute Gasteiger partial charge is 0.348 e. The fourth-order valence-corrected chi connectivity index (χ4v) is 1.55. The van der Waals surface area contributed by atoms with Crippen LogP contribution in [0, 0.1) is 5.41 Å². The molecule has 0 atom stereocenters. The summed E-state index contributed by atoms with van der Waals surface area (Å²) in [4.78, 5) is 10.5. The molecule has 0 aliphatic rings. The molecule has 0 radical (unpaired) electrons. The van der Waals surface area contributed by atoms with Crippen molar-refractivity contribution >= 4 is 17.1 Å². The van der Waals surface area contributed by atoms with E-state index >= 15 is 0 Å². The normalized spacial score (nSPS) is 10.9. The highest BCUT2D eigenvalue weighted by Gasteiger charge is 2.10. The van der Waals surface area contributed by atoms with Crippen LogP contribution in [0.5, 0.6) is 0 Å². The molecule has 2 aromatic heterocycles. The van der Waals surface area contributed by atoms with Crippen LogP contribution in [0.4, 0.5) is 5.95 Å². The van der Waals surface area contributed by atoms with Gasteiger partial charge in [0, 0.05) is 28.2 Å². The fourth-order valence-electron chi connectivity index (χ4n) is 1.55. The number of hydrogen-bond acceptors (Lipinski definition) is 4. The van der Waals surface area contributed by atoms with Crippen LogP contribution in [0.25, 0.3) is 11.2 Å². The molecule has 0 saturated heterocycles. The van der Waals surface area contributed by atoms with Crippen molar-refractivity contribution in [3.8, 4) is 0 Å². The van der Waals surface area contributed by atoms with Crippen molar-refractivity contribution in [1.82, 2.24) is 19.1 Å². The molecule has 80 valence electrons. The van der Waals surface area contributed by atoms with E-state index in [4.69, 9.17) is 5.41 Å². The Hall–Kier alpha value is -1.85. The zero-order valence-corrected chi connectivity index (χ0v) is 9.31. The number of anilines is 1. The van der Waals surface area contributed by atoms with Gasteiger partial charge in [-0.05, 0) is 0 Å². The maximum Gasteiger partial charge on any atom is 0.208 e. The van der Waals surface area contributed by atoms with Gasteiger partial charge in [-0.15, -0.1) is 0 Å². The Labute approximate surface area is 87.3 Å². The first-order valence-electron chi connectivity index (χ1n) is 4.62. The van der Waals surface area contributed by atoms with Crippen LogP contribution in [0.3, 0.4) is 0 Å². The van der Waals surface area contributed by atoms with Crippen LogP contribution in [0.1, 0.15) is 0 Å². The van der Waals surface area contributed by atoms with Gasteiger partial charge < -0.3 is 9.47 Å². The third-order valence-corrected chi connectivity index (χ3v) is 2.37. The summed E-state index contributed by atoms with van der Waals surface area (Å²) in [5, 5.41) is 7.96. The van der Waals surface area contributed by atoms with Crippen molar-refractivity contribution < 1.29 is 0 Å². The van der Waals surface area contributed by atoms with E-state index in [0.29, 0.717) is 11.0 Å². The van der Waals surface area contributed by atoms with E-state index in [1.165, 1.54) is 0 Å². The fraction of sp³-hybridized carbons (Fsp3) is 0.444. The second kappa shape index (κ2) is 3.08. The molecule has 0 bridgehead atoms. The number of aromatic nitrogens is 4. The number of nitrogens with zero attached hydrogens (tertiary/aromatic N) is 5. The molecule has 0 aliphatic heterocycles. The lowest BCUT2D eigenvalue weighted by molar-refractivity contribution is 0.775. The summed E-state index contributed by atoms with van der Waals surface area (Å²) in [6, 6.07) is 0. The third kappa shape index (κ3) is 1.29. The second-order valence-electron chi connectivity index (χ2n) is 3.74. The van der Waals surface area contributed by atoms with Gasteiger partial charge in [-0.25, -0.2) is 4.98 Å².